The second kappa shape index (κ2) is 7.69. The Morgan fingerprint density at radius 1 is 1.12 bits per heavy atom. The van der Waals surface area contributed by atoms with Crippen LogP contribution in [-0.2, 0) is 14.1 Å². The van der Waals surface area contributed by atoms with E-state index in [9.17, 15) is 19.1 Å². The van der Waals surface area contributed by atoms with E-state index < -0.39 is 24.6 Å². The maximum atomic E-state index is 12.7. The lowest BCUT2D eigenvalue weighted by Gasteiger charge is -2.38. The number of hydrogen-bond donors (Lipinski definition) is 2. The van der Waals surface area contributed by atoms with Gasteiger partial charge in [-0.1, -0.05) is 56.3 Å². The average molecular weight is 364 g/mol. The van der Waals surface area contributed by atoms with Crippen LogP contribution in [-0.4, -0.2) is 27.5 Å². The first kappa shape index (κ1) is 19.6. The van der Waals surface area contributed by atoms with Crippen LogP contribution in [0.5, 0.6) is 0 Å². The molecule has 0 radical (unpaired) electrons. The lowest BCUT2D eigenvalue weighted by Crippen LogP contribution is -2.45. The first-order chi connectivity index (χ1) is 11.8. The number of esters is 1. The van der Waals surface area contributed by atoms with Gasteiger partial charge in [-0.3, -0.25) is 9.36 Å². The zero-order valence-corrected chi connectivity index (χ0v) is 15.7. The van der Waals surface area contributed by atoms with Gasteiger partial charge in [0.05, 0.1) is 6.61 Å². The van der Waals surface area contributed by atoms with E-state index in [2.05, 4.69) is 0 Å². The number of benzene rings is 2. The summed E-state index contributed by atoms with van der Waals surface area (Å²) in [6, 6.07) is 13.3. The fraction of sp³-hybridized carbons (Fsp3) is 0.421. The highest BCUT2D eigenvalue weighted by atomic mass is 31.2. The third kappa shape index (κ3) is 3.37. The summed E-state index contributed by atoms with van der Waals surface area (Å²) >= 11 is 0. The fourth-order valence-electron chi connectivity index (χ4n) is 3.69. The smallest absolute Gasteiger partial charge is 0.343 e. The summed E-state index contributed by atoms with van der Waals surface area (Å²) in [5, 5.41) is -0.0209. The minimum Gasteiger partial charge on any atom is -0.465 e. The van der Waals surface area contributed by atoms with E-state index >= 15 is 0 Å². The maximum absolute atomic E-state index is 12.7. The summed E-state index contributed by atoms with van der Waals surface area (Å²) in [6.45, 7) is 5.18. The molecule has 0 spiro atoms. The fourth-order valence-corrected chi connectivity index (χ4v) is 5.13. The normalized spacial score (nSPS) is 15.6. The maximum Gasteiger partial charge on any atom is 0.343 e. The van der Waals surface area contributed by atoms with Crippen molar-refractivity contribution in [2.75, 3.05) is 6.61 Å². The van der Waals surface area contributed by atoms with Gasteiger partial charge in [-0.05, 0) is 36.1 Å². The standard InChI is InChI=1S/C19H25O5P/c1-4-17(16-13-9-11-14-10-7-8-12-15(14)16)19(5-2,25(21,22)23)18(20)24-6-3/h7-13,17H,4-6H2,1-3H3,(H2,21,22,23). The van der Waals surface area contributed by atoms with Crippen LogP contribution in [0.3, 0.4) is 0 Å². The molecule has 136 valence electrons. The Balaban J connectivity index is 2.76. The molecule has 2 aromatic rings. The molecule has 0 aromatic heterocycles. The Labute approximate surface area is 148 Å². The second-order valence-corrected chi connectivity index (χ2v) is 7.96. The molecule has 2 rings (SSSR count). The minimum absolute atomic E-state index is 0.00214. The van der Waals surface area contributed by atoms with Gasteiger partial charge in [-0.2, -0.15) is 0 Å². The minimum atomic E-state index is -4.78. The van der Waals surface area contributed by atoms with E-state index in [1.807, 2.05) is 49.4 Å². The third-order valence-corrected chi connectivity index (χ3v) is 6.72. The molecule has 6 heteroatoms. The van der Waals surface area contributed by atoms with Crippen molar-refractivity contribution in [1.29, 1.82) is 0 Å². The van der Waals surface area contributed by atoms with Gasteiger partial charge < -0.3 is 14.5 Å². The summed E-state index contributed by atoms with van der Waals surface area (Å²) in [6.07, 6.45) is 0.406. The van der Waals surface area contributed by atoms with E-state index in [1.165, 1.54) is 0 Å². The molecular weight excluding hydrogens is 339 g/mol. The van der Waals surface area contributed by atoms with Crippen LogP contribution in [0, 0.1) is 0 Å². The Morgan fingerprint density at radius 2 is 1.76 bits per heavy atom. The van der Waals surface area contributed by atoms with Gasteiger partial charge in [0.25, 0.3) is 0 Å². The molecule has 2 atom stereocenters. The van der Waals surface area contributed by atoms with E-state index in [4.69, 9.17) is 4.74 Å². The molecule has 0 saturated heterocycles. The van der Waals surface area contributed by atoms with Crippen molar-refractivity contribution in [1.82, 2.24) is 0 Å². The number of hydrogen-bond acceptors (Lipinski definition) is 3. The van der Waals surface area contributed by atoms with Crippen LogP contribution in [0.2, 0.25) is 0 Å². The molecule has 0 heterocycles. The van der Waals surface area contributed by atoms with Crippen LogP contribution in [0.15, 0.2) is 42.5 Å². The van der Waals surface area contributed by atoms with Crippen molar-refractivity contribution in [3.05, 3.63) is 48.0 Å². The Kier molecular flexibility index (Phi) is 6.04. The molecule has 0 bridgehead atoms. The van der Waals surface area contributed by atoms with Gasteiger partial charge in [-0.15, -0.1) is 0 Å². The van der Waals surface area contributed by atoms with Crippen LogP contribution in [0.4, 0.5) is 0 Å². The van der Waals surface area contributed by atoms with Crippen LogP contribution < -0.4 is 0 Å². The van der Waals surface area contributed by atoms with Crippen molar-refractivity contribution in [3.8, 4) is 0 Å². The first-order valence-electron chi connectivity index (χ1n) is 8.53. The van der Waals surface area contributed by atoms with Crippen molar-refractivity contribution in [2.45, 2.75) is 44.7 Å². The van der Waals surface area contributed by atoms with E-state index in [0.717, 1.165) is 16.3 Å². The molecule has 0 aliphatic heterocycles. The van der Waals surface area contributed by atoms with Crippen LogP contribution in [0.25, 0.3) is 10.8 Å². The topological polar surface area (TPSA) is 83.8 Å². The molecule has 2 N–H and O–H groups in total. The highest BCUT2D eigenvalue weighted by Crippen LogP contribution is 2.61. The highest BCUT2D eigenvalue weighted by Gasteiger charge is 2.58. The van der Waals surface area contributed by atoms with E-state index in [1.54, 1.807) is 13.8 Å². The Bertz CT molecular complexity index is 792. The molecular formula is C19H25O5P. The first-order valence-corrected chi connectivity index (χ1v) is 10.1. The Hall–Kier alpha value is -1.68. The van der Waals surface area contributed by atoms with Gasteiger partial charge in [0.2, 0.25) is 0 Å². The summed E-state index contributed by atoms with van der Waals surface area (Å²) in [5.41, 5.74) is 0.763. The third-order valence-electron chi connectivity index (χ3n) is 4.87. The molecule has 25 heavy (non-hydrogen) atoms. The largest absolute Gasteiger partial charge is 0.465 e. The number of carbonyl (C=O) groups is 1. The number of ether oxygens (including phenoxy) is 1. The molecule has 0 amide bonds. The van der Waals surface area contributed by atoms with E-state index in [0.29, 0.717) is 6.42 Å². The predicted molar refractivity (Wildman–Crippen MR) is 98.7 cm³/mol. The SMILES string of the molecule is CCOC(=O)C(CC)(C(CC)c1cccc2ccccc12)P(=O)(O)O. The molecule has 2 aromatic carbocycles. The predicted octanol–water partition coefficient (Wildman–Crippen LogP) is 4.22. The van der Waals surface area contributed by atoms with E-state index in [-0.39, 0.29) is 13.0 Å². The van der Waals surface area contributed by atoms with Crippen molar-refractivity contribution in [3.63, 3.8) is 0 Å². The van der Waals surface area contributed by atoms with Gasteiger partial charge in [-0.25, -0.2) is 0 Å². The molecule has 0 saturated carbocycles. The number of rotatable bonds is 7. The summed E-state index contributed by atoms with van der Waals surface area (Å²) in [7, 11) is -4.78. The summed E-state index contributed by atoms with van der Waals surface area (Å²) in [5.74, 6) is -1.48. The van der Waals surface area contributed by atoms with Gasteiger partial charge in [0.15, 0.2) is 5.16 Å². The zero-order chi connectivity index (χ0) is 18.7. The van der Waals surface area contributed by atoms with Gasteiger partial charge in [0, 0.05) is 5.92 Å². The lowest BCUT2D eigenvalue weighted by molar-refractivity contribution is -0.148. The zero-order valence-electron chi connectivity index (χ0n) is 14.8. The summed E-state index contributed by atoms with van der Waals surface area (Å²) < 4.78 is 17.6. The Morgan fingerprint density at radius 3 is 2.32 bits per heavy atom. The molecule has 0 fully saturated rings. The quantitative estimate of drug-likeness (QED) is 0.568. The second-order valence-electron chi connectivity index (χ2n) is 6.07. The number of fused-ring (bicyclic) bond motifs is 1. The molecule has 0 aliphatic carbocycles. The highest BCUT2D eigenvalue weighted by molar-refractivity contribution is 7.54. The van der Waals surface area contributed by atoms with Gasteiger partial charge in [0.1, 0.15) is 0 Å². The summed E-state index contributed by atoms with van der Waals surface area (Å²) in [4.78, 5) is 33.1. The van der Waals surface area contributed by atoms with Crippen LogP contribution >= 0.6 is 7.60 Å². The average Bonchev–Trinajstić information content (AvgIpc) is 2.58. The van der Waals surface area contributed by atoms with Crippen molar-refractivity contribution in [2.24, 2.45) is 0 Å². The molecule has 5 nitrogen and oxygen atoms in total. The molecule has 2 unspecified atom stereocenters. The monoisotopic (exact) mass is 364 g/mol. The van der Waals surface area contributed by atoms with Gasteiger partial charge >= 0.3 is 13.6 Å². The number of carbonyl (C=O) groups excluding carboxylic acids is 1. The van der Waals surface area contributed by atoms with Crippen molar-refractivity contribution < 1.29 is 23.9 Å². The van der Waals surface area contributed by atoms with Crippen LogP contribution in [0.1, 0.15) is 45.1 Å². The van der Waals surface area contributed by atoms with Crippen molar-refractivity contribution >= 4 is 24.3 Å². The molecule has 0 aliphatic rings. The lowest BCUT2D eigenvalue weighted by atomic mass is 9.79.